The van der Waals surface area contributed by atoms with E-state index in [1.807, 2.05) is 24.4 Å². The Hall–Kier alpha value is -2.69. The molecule has 3 nitrogen and oxygen atoms in total. The van der Waals surface area contributed by atoms with Crippen molar-refractivity contribution in [3.05, 3.63) is 78.5 Å². The number of anilines is 2. The fourth-order valence-electron chi connectivity index (χ4n) is 3.83. The summed E-state index contributed by atoms with van der Waals surface area (Å²) in [6, 6.07) is 23.6. The molecular weight excluding hydrogens is 362 g/mol. The van der Waals surface area contributed by atoms with Crippen molar-refractivity contribution in [1.82, 2.24) is 9.88 Å². The van der Waals surface area contributed by atoms with Crippen molar-refractivity contribution in [2.24, 2.45) is 0 Å². The maximum absolute atomic E-state index is 4.58. The van der Waals surface area contributed by atoms with Gasteiger partial charge < -0.3 is 5.32 Å². The molecule has 1 N–H and O–H groups in total. The average Bonchev–Trinajstić information content (AvgIpc) is 3.40. The number of thiophene rings is 1. The highest BCUT2D eigenvalue weighted by Crippen LogP contribution is 2.37. The minimum absolute atomic E-state index is 1.04. The van der Waals surface area contributed by atoms with Crippen molar-refractivity contribution in [1.29, 1.82) is 0 Å². The molecule has 4 aromatic rings. The maximum atomic E-state index is 4.58. The van der Waals surface area contributed by atoms with Gasteiger partial charge in [-0.3, -0.25) is 9.88 Å². The second-order valence-electron chi connectivity index (χ2n) is 7.35. The molecule has 2 aromatic heterocycles. The van der Waals surface area contributed by atoms with Crippen LogP contribution in [0.3, 0.4) is 0 Å². The van der Waals surface area contributed by atoms with Gasteiger partial charge in [0.15, 0.2) is 0 Å². The van der Waals surface area contributed by atoms with Gasteiger partial charge in [0.25, 0.3) is 0 Å². The van der Waals surface area contributed by atoms with E-state index < -0.39 is 0 Å². The van der Waals surface area contributed by atoms with E-state index in [0.717, 1.165) is 23.4 Å². The van der Waals surface area contributed by atoms with Gasteiger partial charge in [-0.25, -0.2) is 0 Å². The predicted molar refractivity (Wildman–Crippen MR) is 119 cm³/mol. The van der Waals surface area contributed by atoms with Crippen LogP contribution < -0.4 is 5.32 Å². The molecular formula is C24H23N3S. The third-order valence-electron chi connectivity index (χ3n) is 5.31. The lowest BCUT2D eigenvalue weighted by Gasteiger charge is -2.14. The van der Waals surface area contributed by atoms with Crippen molar-refractivity contribution in [3.8, 4) is 10.4 Å². The third-order valence-corrected chi connectivity index (χ3v) is 6.51. The van der Waals surface area contributed by atoms with Gasteiger partial charge in [0.2, 0.25) is 0 Å². The van der Waals surface area contributed by atoms with Crippen molar-refractivity contribution in [2.75, 3.05) is 18.4 Å². The summed E-state index contributed by atoms with van der Waals surface area (Å²) in [4.78, 5) is 8.38. The highest BCUT2D eigenvalue weighted by atomic mass is 32.1. The van der Waals surface area contributed by atoms with Crippen LogP contribution in [0, 0.1) is 0 Å². The summed E-state index contributed by atoms with van der Waals surface area (Å²) >= 11 is 1.80. The Morgan fingerprint density at radius 2 is 1.71 bits per heavy atom. The van der Waals surface area contributed by atoms with Gasteiger partial charge in [-0.05, 0) is 61.3 Å². The summed E-state index contributed by atoms with van der Waals surface area (Å²) in [5, 5.41) is 3.53. The summed E-state index contributed by atoms with van der Waals surface area (Å²) in [6.07, 6.45) is 4.56. The molecule has 1 aliphatic heterocycles. The number of aromatic nitrogens is 1. The van der Waals surface area contributed by atoms with Gasteiger partial charge in [-0.1, -0.05) is 42.5 Å². The Morgan fingerprint density at radius 1 is 0.929 bits per heavy atom. The molecule has 0 radical (unpaired) electrons. The first-order chi connectivity index (χ1) is 13.8. The topological polar surface area (TPSA) is 28.2 Å². The Bertz CT molecular complexity index is 1060. The van der Waals surface area contributed by atoms with Crippen LogP contribution in [-0.4, -0.2) is 23.0 Å². The molecule has 1 saturated heterocycles. The van der Waals surface area contributed by atoms with Crippen LogP contribution in [0.1, 0.15) is 18.4 Å². The SMILES string of the molecule is c1ccc(Nc2ccnc3cc(-c4ccc(CN5CCCC5)cc4)sc23)cc1. The Kier molecular flexibility index (Phi) is 4.81. The largest absolute Gasteiger partial charge is 0.354 e. The maximum Gasteiger partial charge on any atom is 0.0837 e. The molecule has 3 heterocycles. The fourth-order valence-corrected chi connectivity index (χ4v) is 4.92. The second-order valence-corrected chi connectivity index (χ2v) is 8.41. The minimum Gasteiger partial charge on any atom is -0.354 e. The predicted octanol–water partition coefficient (Wildman–Crippen LogP) is 6.30. The number of rotatable bonds is 5. The first kappa shape index (κ1) is 17.4. The van der Waals surface area contributed by atoms with Crippen LogP contribution >= 0.6 is 11.3 Å². The molecule has 0 bridgehead atoms. The number of likely N-dealkylation sites (tertiary alicyclic amines) is 1. The molecule has 0 spiro atoms. The Balaban J connectivity index is 1.41. The van der Waals surface area contributed by atoms with E-state index in [2.05, 4.69) is 63.7 Å². The number of hydrogen-bond donors (Lipinski definition) is 1. The first-order valence-corrected chi connectivity index (χ1v) is 10.7. The molecule has 1 aliphatic rings. The van der Waals surface area contributed by atoms with Crippen LogP contribution in [0.15, 0.2) is 72.9 Å². The molecule has 0 saturated carbocycles. The third kappa shape index (κ3) is 3.66. The van der Waals surface area contributed by atoms with Crippen molar-refractivity contribution in [2.45, 2.75) is 19.4 Å². The smallest absolute Gasteiger partial charge is 0.0837 e. The molecule has 5 rings (SSSR count). The molecule has 0 atom stereocenters. The molecule has 2 aromatic carbocycles. The quantitative estimate of drug-likeness (QED) is 0.437. The van der Waals surface area contributed by atoms with E-state index in [1.165, 1.54) is 46.6 Å². The van der Waals surface area contributed by atoms with Crippen LogP contribution in [0.2, 0.25) is 0 Å². The summed E-state index contributed by atoms with van der Waals surface area (Å²) < 4.78 is 1.20. The van der Waals surface area contributed by atoms with Crippen LogP contribution in [0.25, 0.3) is 20.7 Å². The number of fused-ring (bicyclic) bond motifs is 1. The lowest BCUT2D eigenvalue weighted by molar-refractivity contribution is 0.331. The number of hydrogen-bond acceptors (Lipinski definition) is 4. The monoisotopic (exact) mass is 385 g/mol. The second kappa shape index (κ2) is 7.74. The summed E-state index contributed by atoms with van der Waals surface area (Å²) in [5.74, 6) is 0. The first-order valence-electron chi connectivity index (χ1n) is 9.87. The molecule has 0 unspecified atom stereocenters. The molecule has 4 heteroatoms. The van der Waals surface area contributed by atoms with E-state index in [4.69, 9.17) is 0 Å². The van der Waals surface area contributed by atoms with Gasteiger partial charge in [0.1, 0.15) is 0 Å². The lowest BCUT2D eigenvalue weighted by Crippen LogP contribution is -2.18. The van der Waals surface area contributed by atoms with Crippen molar-refractivity contribution >= 4 is 32.9 Å². The summed E-state index contributed by atoms with van der Waals surface area (Å²) in [7, 11) is 0. The molecule has 0 aliphatic carbocycles. The van der Waals surface area contributed by atoms with E-state index in [-0.39, 0.29) is 0 Å². The highest BCUT2D eigenvalue weighted by molar-refractivity contribution is 7.22. The molecule has 0 amide bonds. The number of benzene rings is 2. The number of nitrogens with zero attached hydrogens (tertiary/aromatic N) is 2. The van der Waals surface area contributed by atoms with Gasteiger partial charge in [-0.2, -0.15) is 0 Å². The Morgan fingerprint density at radius 3 is 2.50 bits per heavy atom. The molecule has 1 fully saturated rings. The van der Waals surface area contributed by atoms with Crippen molar-refractivity contribution in [3.63, 3.8) is 0 Å². The fraction of sp³-hybridized carbons (Fsp3) is 0.208. The minimum atomic E-state index is 1.04. The van der Waals surface area contributed by atoms with Gasteiger partial charge in [-0.15, -0.1) is 11.3 Å². The summed E-state index contributed by atoms with van der Waals surface area (Å²) in [5.41, 5.74) is 5.91. The number of nitrogens with one attached hydrogen (secondary N) is 1. The van der Waals surface area contributed by atoms with Gasteiger partial charge >= 0.3 is 0 Å². The standard InChI is InChI=1S/C24H23N3S/c1-2-6-20(7-3-1)26-21-12-13-25-22-16-23(28-24(21)22)19-10-8-18(9-11-19)17-27-14-4-5-15-27/h1-3,6-13,16H,4-5,14-15,17H2,(H,25,26). The lowest BCUT2D eigenvalue weighted by atomic mass is 10.1. The van der Waals surface area contributed by atoms with Crippen LogP contribution in [-0.2, 0) is 6.54 Å². The molecule has 140 valence electrons. The van der Waals surface area contributed by atoms with Crippen LogP contribution in [0.4, 0.5) is 11.4 Å². The highest BCUT2D eigenvalue weighted by Gasteiger charge is 2.13. The zero-order valence-electron chi connectivity index (χ0n) is 15.8. The van der Waals surface area contributed by atoms with E-state index >= 15 is 0 Å². The Labute approximate surface area is 169 Å². The summed E-state index contributed by atoms with van der Waals surface area (Å²) in [6.45, 7) is 3.54. The number of para-hydroxylation sites is 1. The van der Waals surface area contributed by atoms with Crippen LogP contribution in [0.5, 0.6) is 0 Å². The van der Waals surface area contributed by atoms with Gasteiger partial charge in [0.05, 0.1) is 15.9 Å². The zero-order valence-corrected chi connectivity index (χ0v) is 16.6. The van der Waals surface area contributed by atoms with Crippen molar-refractivity contribution < 1.29 is 0 Å². The van der Waals surface area contributed by atoms with E-state index in [0.29, 0.717) is 0 Å². The zero-order chi connectivity index (χ0) is 18.8. The normalized spacial score (nSPS) is 14.6. The van der Waals surface area contributed by atoms with E-state index in [9.17, 15) is 0 Å². The average molecular weight is 386 g/mol. The number of pyridine rings is 1. The van der Waals surface area contributed by atoms with E-state index in [1.54, 1.807) is 11.3 Å². The van der Waals surface area contributed by atoms with Gasteiger partial charge in [0, 0.05) is 23.3 Å². The molecule has 28 heavy (non-hydrogen) atoms.